The molecule has 3 rings (SSSR count). The number of alkyl halides is 3. The number of halogens is 3. The highest BCUT2D eigenvalue weighted by Crippen LogP contribution is 2.35. The summed E-state index contributed by atoms with van der Waals surface area (Å²) >= 11 is 0. The van der Waals surface area contributed by atoms with Gasteiger partial charge < -0.3 is 15.3 Å². The molecule has 2 bridgehead atoms. The molecule has 1 aromatic rings. The summed E-state index contributed by atoms with van der Waals surface area (Å²) in [5.41, 5.74) is -1.66. The van der Waals surface area contributed by atoms with Crippen molar-refractivity contribution in [3.8, 4) is 0 Å². The fourth-order valence-corrected chi connectivity index (χ4v) is 4.20. The van der Waals surface area contributed by atoms with Crippen LogP contribution < -0.4 is 5.32 Å². The molecule has 2 heterocycles. The number of aliphatic hydroxyl groups excluding tert-OH is 1. The van der Waals surface area contributed by atoms with Gasteiger partial charge in [-0.3, -0.25) is 4.79 Å². The second-order valence-corrected chi connectivity index (χ2v) is 7.76. The van der Waals surface area contributed by atoms with Crippen molar-refractivity contribution in [3.63, 3.8) is 0 Å². The van der Waals surface area contributed by atoms with Gasteiger partial charge in [0.25, 0.3) is 0 Å². The lowest BCUT2D eigenvalue weighted by Gasteiger charge is -2.38. The summed E-state index contributed by atoms with van der Waals surface area (Å²) in [6.45, 7) is 1.10. The third kappa shape index (κ3) is 3.47. The van der Waals surface area contributed by atoms with Crippen LogP contribution in [0, 0.1) is 0 Å². The number of carbonyl (C=O) groups is 1. The molecule has 3 unspecified atom stereocenters. The molecule has 0 aliphatic carbocycles. The van der Waals surface area contributed by atoms with Crippen LogP contribution in [-0.2, 0) is 16.4 Å². The highest BCUT2D eigenvalue weighted by Gasteiger charge is 2.42. The monoisotopic (exact) mass is 370 g/mol. The van der Waals surface area contributed by atoms with Crippen LogP contribution in [0.2, 0.25) is 0 Å². The Labute approximate surface area is 151 Å². The van der Waals surface area contributed by atoms with E-state index in [1.54, 1.807) is 6.92 Å². The molecule has 1 amide bonds. The predicted molar refractivity (Wildman–Crippen MR) is 91.6 cm³/mol. The first-order valence-electron chi connectivity index (χ1n) is 8.96. The lowest BCUT2D eigenvalue weighted by atomic mass is 9.81. The van der Waals surface area contributed by atoms with E-state index in [1.807, 2.05) is 0 Å². The van der Waals surface area contributed by atoms with E-state index in [-0.39, 0.29) is 11.9 Å². The molecule has 0 spiro atoms. The smallest absolute Gasteiger partial charge is 0.395 e. The molecule has 7 heteroatoms. The van der Waals surface area contributed by atoms with Crippen LogP contribution >= 0.6 is 0 Å². The van der Waals surface area contributed by atoms with E-state index in [0.29, 0.717) is 17.6 Å². The first kappa shape index (κ1) is 19.2. The summed E-state index contributed by atoms with van der Waals surface area (Å²) in [5.74, 6) is -0.339. The van der Waals surface area contributed by atoms with Crippen molar-refractivity contribution in [2.75, 3.05) is 13.7 Å². The molecule has 2 fully saturated rings. The van der Waals surface area contributed by atoms with Crippen molar-refractivity contribution < 1.29 is 23.1 Å². The molecule has 0 radical (unpaired) electrons. The highest BCUT2D eigenvalue weighted by atomic mass is 19.4. The lowest BCUT2D eigenvalue weighted by Crippen LogP contribution is -2.53. The first-order chi connectivity index (χ1) is 12.1. The predicted octanol–water partition coefficient (Wildman–Crippen LogP) is 2.70. The minimum absolute atomic E-state index is 0.0384. The molecule has 2 N–H and O–H groups in total. The van der Waals surface area contributed by atoms with Gasteiger partial charge in [-0.15, -0.1) is 0 Å². The van der Waals surface area contributed by atoms with E-state index in [4.69, 9.17) is 0 Å². The number of fused-ring (bicyclic) bond motifs is 2. The van der Waals surface area contributed by atoms with Gasteiger partial charge in [0.1, 0.15) is 0 Å². The van der Waals surface area contributed by atoms with Crippen LogP contribution in [0.15, 0.2) is 24.3 Å². The molecule has 4 nitrogen and oxygen atoms in total. The Morgan fingerprint density at radius 1 is 1.15 bits per heavy atom. The van der Waals surface area contributed by atoms with Gasteiger partial charge in [0.2, 0.25) is 5.91 Å². The van der Waals surface area contributed by atoms with Crippen molar-refractivity contribution in [2.45, 2.75) is 62.3 Å². The summed E-state index contributed by atoms with van der Waals surface area (Å²) < 4.78 is 38.2. The highest BCUT2D eigenvalue weighted by molar-refractivity contribution is 5.88. The fourth-order valence-electron chi connectivity index (χ4n) is 4.20. The number of aliphatic hydroxyl groups is 1. The maximum absolute atomic E-state index is 12.9. The van der Waals surface area contributed by atoms with E-state index >= 15 is 0 Å². The van der Waals surface area contributed by atoms with Crippen LogP contribution in [0.25, 0.3) is 0 Å². The quantitative estimate of drug-likeness (QED) is 0.857. The molecule has 26 heavy (non-hydrogen) atoms. The average molecular weight is 370 g/mol. The maximum atomic E-state index is 12.9. The van der Waals surface area contributed by atoms with Crippen LogP contribution in [0.5, 0.6) is 0 Å². The zero-order valence-corrected chi connectivity index (χ0v) is 15.0. The van der Waals surface area contributed by atoms with Gasteiger partial charge in [0.05, 0.1) is 17.6 Å². The van der Waals surface area contributed by atoms with E-state index in [0.717, 1.165) is 37.8 Å². The molecule has 2 aliphatic rings. The van der Waals surface area contributed by atoms with Crippen molar-refractivity contribution in [2.24, 2.45) is 0 Å². The molecule has 3 atom stereocenters. The van der Waals surface area contributed by atoms with Crippen LogP contribution in [0.3, 0.4) is 0 Å². The summed E-state index contributed by atoms with van der Waals surface area (Å²) in [7, 11) is 2.11. The second-order valence-electron chi connectivity index (χ2n) is 7.76. The van der Waals surface area contributed by atoms with Gasteiger partial charge in [-0.1, -0.05) is 12.1 Å². The number of amides is 1. The number of carbonyl (C=O) groups excluding carboxylic acids is 1. The number of rotatable bonds is 4. The average Bonchev–Trinajstić information content (AvgIpc) is 2.82. The van der Waals surface area contributed by atoms with Crippen LogP contribution in [0.1, 0.15) is 43.7 Å². The number of nitrogens with one attached hydrogen (secondary N) is 1. The van der Waals surface area contributed by atoms with E-state index in [1.165, 1.54) is 12.1 Å². The molecule has 144 valence electrons. The minimum atomic E-state index is -4.43. The SMILES string of the molecule is CN1C2CCC1CC(NC(=O)C(C)(CO)c1ccc(C(F)(F)F)cc1)C2. The van der Waals surface area contributed by atoms with Gasteiger partial charge in [0, 0.05) is 18.1 Å². The number of piperidine rings is 1. The van der Waals surface area contributed by atoms with Crippen molar-refractivity contribution in [3.05, 3.63) is 35.4 Å². The first-order valence-corrected chi connectivity index (χ1v) is 8.96. The van der Waals surface area contributed by atoms with Gasteiger partial charge in [-0.05, 0) is 57.4 Å². The Bertz CT molecular complexity index is 648. The standard InChI is InChI=1S/C19H25F3N2O2/c1-18(11-25,12-3-5-13(6-4-12)19(20,21)22)17(26)23-14-9-15-7-8-16(10-14)24(15)2/h3-6,14-16,25H,7-11H2,1-2H3,(H,23,26). The summed E-state index contributed by atoms with van der Waals surface area (Å²) in [6.07, 6.45) is -0.433. The zero-order chi connectivity index (χ0) is 19.1. The second kappa shape index (κ2) is 6.85. The van der Waals surface area contributed by atoms with Gasteiger partial charge in [-0.25, -0.2) is 0 Å². The van der Waals surface area contributed by atoms with Gasteiger partial charge in [-0.2, -0.15) is 13.2 Å². The third-order valence-electron chi connectivity index (χ3n) is 6.10. The molecular weight excluding hydrogens is 345 g/mol. The summed E-state index contributed by atoms with van der Waals surface area (Å²) in [5, 5.41) is 12.9. The van der Waals surface area contributed by atoms with Crippen LogP contribution in [-0.4, -0.2) is 47.7 Å². The number of nitrogens with zero attached hydrogens (tertiary/aromatic N) is 1. The normalized spacial score (nSPS) is 28.6. The Kier molecular flexibility index (Phi) is 5.05. The Balaban J connectivity index is 1.73. The molecule has 2 aliphatic heterocycles. The molecule has 0 saturated carbocycles. The van der Waals surface area contributed by atoms with E-state index in [2.05, 4.69) is 17.3 Å². The topological polar surface area (TPSA) is 52.6 Å². The summed E-state index contributed by atoms with van der Waals surface area (Å²) in [4.78, 5) is 15.2. The number of benzene rings is 1. The van der Waals surface area contributed by atoms with Crippen molar-refractivity contribution in [1.82, 2.24) is 10.2 Å². The molecular formula is C19H25F3N2O2. The van der Waals surface area contributed by atoms with E-state index < -0.39 is 23.8 Å². The largest absolute Gasteiger partial charge is 0.416 e. The van der Waals surface area contributed by atoms with Crippen molar-refractivity contribution in [1.29, 1.82) is 0 Å². The van der Waals surface area contributed by atoms with Crippen molar-refractivity contribution >= 4 is 5.91 Å². The van der Waals surface area contributed by atoms with Crippen LogP contribution in [0.4, 0.5) is 13.2 Å². The van der Waals surface area contributed by atoms with Gasteiger partial charge in [0.15, 0.2) is 0 Å². The zero-order valence-electron chi connectivity index (χ0n) is 15.0. The fraction of sp³-hybridized carbons (Fsp3) is 0.632. The molecule has 2 saturated heterocycles. The third-order valence-corrected chi connectivity index (χ3v) is 6.10. The Morgan fingerprint density at radius 3 is 2.12 bits per heavy atom. The minimum Gasteiger partial charge on any atom is -0.395 e. The Morgan fingerprint density at radius 2 is 1.65 bits per heavy atom. The maximum Gasteiger partial charge on any atom is 0.416 e. The summed E-state index contributed by atoms with van der Waals surface area (Å²) in [6, 6.07) is 5.42. The molecule has 1 aromatic carbocycles. The molecule has 0 aromatic heterocycles. The van der Waals surface area contributed by atoms with Gasteiger partial charge >= 0.3 is 6.18 Å². The van der Waals surface area contributed by atoms with E-state index in [9.17, 15) is 23.1 Å². The lowest BCUT2D eigenvalue weighted by molar-refractivity contribution is -0.137. The number of hydrogen-bond donors (Lipinski definition) is 2. The Hall–Kier alpha value is -1.60. The number of hydrogen-bond acceptors (Lipinski definition) is 3.